The van der Waals surface area contributed by atoms with E-state index < -0.39 is 15.8 Å². The van der Waals surface area contributed by atoms with Crippen molar-refractivity contribution < 1.29 is 18.3 Å². The van der Waals surface area contributed by atoms with Crippen LogP contribution in [0.1, 0.15) is 119 Å². The van der Waals surface area contributed by atoms with E-state index in [4.69, 9.17) is 0 Å². The molecule has 7 heteroatoms. The van der Waals surface area contributed by atoms with Gasteiger partial charge in [-0.05, 0) is 152 Å². The molecule has 4 saturated carbocycles. The Kier molecular flexibility index (Phi) is 9.11. The first-order valence-corrected chi connectivity index (χ1v) is 21.9. The first kappa shape index (κ1) is 36.6. The lowest BCUT2D eigenvalue weighted by Crippen LogP contribution is -2.68. The van der Waals surface area contributed by atoms with Crippen molar-refractivity contribution in [2.75, 3.05) is 37.7 Å². The highest BCUT2D eigenvalue weighted by molar-refractivity contribution is 7.91. The third-order valence-electron chi connectivity index (χ3n) is 17.1. The minimum Gasteiger partial charge on any atom is -0.478 e. The fraction of sp³-hybridized carbons (Fsp3) is 0.791. The normalized spacial score (nSPS) is 43.9. The molecule has 6 aliphatic carbocycles. The van der Waals surface area contributed by atoms with E-state index in [0.29, 0.717) is 66.2 Å². The summed E-state index contributed by atoms with van der Waals surface area (Å²) in [5.74, 6) is 3.01. The molecule has 0 radical (unpaired) electrons. The van der Waals surface area contributed by atoms with Crippen molar-refractivity contribution in [2.24, 2.45) is 51.2 Å². The van der Waals surface area contributed by atoms with Gasteiger partial charge in [0, 0.05) is 37.3 Å². The summed E-state index contributed by atoms with van der Waals surface area (Å²) in [5, 5.41) is 13.9. The van der Waals surface area contributed by atoms with Crippen LogP contribution in [0.15, 0.2) is 46.6 Å². The van der Waals surface area contributed by atoms with Crippen molar-refractivity contribution in [3.63, 3.8) is 0 Å². The molecule has 1 saturated heterocycles. The van der Waals surface area contributed by atoms with Crippen LogP contribution in [0, 0.1) is 51.2 Å². The van der Waals surface area contributed by atoms with Gasteiger partial charge in [-0.2, -0.15) is 0 Å². The molecule has 9 unspecified atom stereocenters. The molecule has 278 valence electrons. The van der Waals surface area contributed by atoms with Crippen molar-refractivity contribution in [3.8, 4) is 0 Å². The summed E-state index contributed by atoms with van der Waals surface area (Å²) in [5.41, 5.74) is 6.77. The summed E-state index contributed by atoms with van der Waals surface area (Å²) < 4.78 is 24.1. The SMILES string of the molecule is C=C(C)C1CCC2(NCCN3CCS(=O)(=O)CC3)CCC3(C)C(CCC4C5(C)CC=C(C6=CC(C)=C(C(=O)O)CC6)C(C)(C)C5CCC43C)C12. The lowest BCUT2D eigenvalue weighted by Gasteiger charge is -2.72. The number of fused-ring (bicyclic) bond motifs is 7. The number of hydrogen-bond acceptors (Lipinski definition) is 5. The summed E-state index contributed by atoms with van der Waals surface area (Å²) in [4.78, 5) is 14.2. The molecule has 2 N–H and O–H groups in total. The number of allylic oxidation sites excluding steroid dienone is 6. The van der Waals surface area contributed by atoms with Crippen molar-refractivity contribution in [2.45, 2.75) is 125 Å². The summed E-state index contributed by atoms with van der Waals surface area (Å²) in [6.45, 7) is 25.2. The van der Waals surface area contributed by atoms with E-state index >= 15 is 0 Å². The molecule has 0 aromatic carbocycles. The standard InChI is InChI=1S/C43H66N2O4S/c1-28(2)31-13-18-43(44-21-22-45-23-25-50(48,49)26-24-45)20-19-41(7)34(37(31)43)11-12-36-40(6)16-14-33(30-9-10-32(38(46)47)29(3)27-30)39(4,5)35(40)15-17-42(36,41)8/h14,27,31,34-37,44H,1,9-13,15-26H2,2-8H3,(H,46,47). The van der Waals surface area contributed by atoms with Crippen LogP contribution < -0.4 is 5.32 Å². The predicted octanol–water partition coefficient (Wildman–Crippen LogP) is 8.37. The van der Waals surface area contributed by atoms with Gasteiger partial charge in [0.1, 0.15) is 0 Å². The van der Waals surface area contributed by atoms with Crippen molar-refractivity contribution in [1.82, 2.24) is 10.2 Å². The Bertz CT molecular complexity index is 1620. The second-order valence-corrected chi connectivity index (χ2v) is 21.7. The van der Waals surface area contributed by atoms with E-state index in [9.17, 15) is 18.3 Å². The molecule has 0 spiro atoms. The number of hydrogen-bond donors (Lipinski definition) is 2. The highest BCUT2D eigenvalue weighted by Gasteiger charge is 2.70. The van der Waals surface area contributed by atoms with Crippen molar-refractivity contribution >= 4 is 15.8 Å². The van der Waals surface area contributed by atoms with Crippen molar-refractivity contribution in [3.05, 3.63) is 46.6 Å². The number of carbonyl (C=O) groups is 1. The Hall–Kier alpha value is -1.70. The van der Waals surface area contributed by atoms with Gasteiger partial charge in [-0.1, -0.05) is 58.9 Å². The molecule has 6 nitrogen and oxygen atoms in total. The number of nitrogens with zero attached hydrogens (tertiary/aromatic N) is 1. The maximum absolute atomic E-state index is 12.0. The molecule has 7 rings (SSSR count). The predicted molar refractivity (Wildman–Crippen MR) is 203 cm³/mol. The molecular formula is C43H66N2O4S. The van der Waals surface area contributed by atoms with E-state index in [1.165, 1.54) is 68.1 Å². The second-order valence-electron chi connectivity index (χ2n) is 19.4. The zero-order chi connectivity index (χ0) is 36.1. The molecule has 50 heavy (non-hydrogen) atoms. The molecule has 9 atom stereocenters. The second kappa shape index (κ2) is 12.4. The average Bonchev–Trinajstić information content (AvgIpc) is 3.42. The monoisotopic (exact) mass is 706 g/mol. The zero-order valence-electron chi connectivity index (χ0n) is 32.3. The zero-order valence-corrected chi connectivity index (χ0v) is 33.1. The van der Waals surface area contributed by atoms with Crippen LogP contribution in [0.5, 0.6) is 0 Å². The Balaban J connectivity index is 1.15. The molecule has 7 aliphatic rings. The largest absolute Gasteiger partial charge is 0.478 e. The smallest absolute Gasteiger partial charge is 0.331 e. The van der Waals surface area contributed by atoms with Crippen LogP contribution in [0.25, 0.3) is 0 Å². The van der Waals surface area contributed by atoms with Gasteiger partial charge in [-0.25, -0.2) is 13.2 Å². The fourth-order valence-corrected chi connectivity index (χ4v) is 15.7. The van der Waals surface area contributed by atoms with Gasteiger partial charge in [0.2, 0.25) is 0 Å². The molecule has 0 aromatic heterocycles. The van der Waals surface area contributed by atoms with Crippen LogP contribution in [0.4, 0.5) is 0 Å². The van der Waals surface area contributed by atoms with Gasteiger partial charge in [-0.3, -0.25) is 0 Å². The minimum atomic E-state index is -2.86. The van der Waals surface area contributed by atoms with Crippen LogP contribution >= 0.6 is 0 Å². The number of carboxylic acid groups (broad SMARTS) is 1. The van der Waals surface area contributed by atoms with E-state index in [0.717, 1.165) is 31.5 Å². The van der Waals surface area contributed by atoms with Gasteiger partial charge >= 0.3 is 5.97 Å². The van der Waals surface area contributed by atoms with E-state index in [1.54, 1.807) is 0 Å². The summed E-state index contributed by atoms with van der Waals surface area (Å²) in [6.07, 6.45) is 17.6. The third kappa shape index (κ3) is 5.51. The topological polar surface area (TPSA) is 86.7 Å². The van der Waals surface area contributed by atoms with Crippen molar-refractivity contribution in [1.29, 1.82) is 0 Å². The first-order valence-electron chi connectivity index (χ1n) is 20.1. The summed E-state index contributed by atoms with van der Waals surface area (Å²) in [6, 6.07) is 0. The summed E-state index contributed by atoms with van der Waals surface area (Å²) >= 11 is 0. The lowest BCUT2D eigenvalue weighted by atomic mass is 9.33. The number of aliphatic carboxylic acids is 1. The Morgan fingerprint density at radius 2 is 1.68 bits per heavy atom. The Morgan fingerprint density at radius 3 is 2.34 bits per heavy atom. The molecular weight excluding hydrogens is 641 g/mol. The number of nitrogens with one attached hydrogen (secondary N) is 1. The van der Waals surface area contributed by atoms with Crippen LogP contribution in [0.3, 0.4) is 0 Å². The molecule has 0 bridgehead atoms. The van der Waals surface area contributed by atoms with E-state index in [2.05, 4.69) is 70.5 Å². The van der Waals surface area contributed by atoms with Crippen LogP contribution in [0.2, 0.25) is 0 Å². The third-order valence-corrected chi connectivity index (χ3v) is 18.7. The maximum Gasteiger partial charge on any atom is 0.331 e. The molecule has 0 amide bonds. The quantitative estimate of drug-likeness (QED) is 0.259. The number of rotatable bonds is 7. The van der Waals surface area contributed by atoms with E-state index in [-0.39, 0.29) is 27.2 Å². The minimum absolute atomic E-state index is 0.0552. The Morgan fingerprint density at radius 1 is 0.960 bits per heavy atom. The van der Waals surface area contributed by atoms with Gasteiger partial charge in [0.15, 0.2) is 9.84 Å². The van der Waals surface area contributed by atoms with Crippen LogP contribution in [-0.4, -0.2) is 67.6 Å². The Labute approximate surface area is 303 Å². The lowest BCUT2D eigenvalue weighted by molar-refractivity contribution is -0.221. The van der Waals surface area contributed by atoms with Crippen LogP contribution in [-0.2, 0) is 14.6 Å². The van der Waals surface area contributed by atoms with E-state index in [1.807, 2.05) is 6.92 Å². The summed E-state index contributed by atoms with van der Waals surface area (Å²) in [7, 11) is -2.86. The highest BCUT2D eigenvalue weighted by Crippen LogP contribution is 2.76. The van der Waals surface area contributed by atoms with Gasteiger partial charge in [-0.15, -0.1) is 0 Å². The number of carboxylic acids is 1. The van der Waals surface area contributed by atoms with Gasteiger partial charge in [0.05, 0.1) is 11.5 Å². The molecule has 0 aromatic rings. The molecule has 1 aliphatic heterocycles. The maximum atomic E-state index is 12.0. The van der Waals surface area contributed by atoms with Gasteiger partial charge < -0.3 is 15.3 Å². The average molecular weight is 707 g/mol. The number of sulfone groups is 1. The fourth-order valence-electron chi connectivity index (χ4n) is 14.4. The molecule has 1 heterocycles. The van der Waals surface area contributed by atoms with Gasteiger partial charge in [0.25, 0.3) is 0 Å². The molecule has 5 fully saturated rings. The highest BCUT2D eigenvalue weighted by atomic mass is 32.2. The first-order chi connectivity index (χ1) is 23.4.